The quantitative estimate of drug-likeness (QED) is 0.912. The number of amides is 1. The Balaban J connectivity index is 1.81. The van der Waals surface area contributed by atoms with Crippen LogP contribution in [0.4, 0.5) is 19.1 Å². The monoisotopic (exact) mass is 288 g/mol. The van der Waals surface area contributed by atoms with Crippen molar-refractivity contribution < 1.29 is 18.0 Å². The molecule has 8 heteroatoms. The summed E-state index contributed by atoms with van der Waals surface area (Å²) >= 11 is 0. The fourth-order valence-corrected chi connectivity index (χ4v) is 2.13. The maximum Gasteiger partial charge on any atom is 0.405 e. The summed E-state index contributed by atoms with van der Waals surface area (Å²) in [4.78, 5) is 21.8. The highest BCUT2D eigenvalue weighted by Crippen LogP contribution is 2.21. The van der Waals surface area contributed by atoms with Crippen molar-refractivity contribution in [2.24, 2.45) is 5.92 Å². The van der Waals surface area contributed by atoms with Crippen molar-refractivity contribution in [2.75, 3.05) is 24.5 Å². The maximum atomic E-state index is 12.0. The highest BCUT2D eigenvalue weighted by atomic mass is 19.4. The van der Waals surface area contributed by atoms with Gasteiger partial charge in [-0.25, -0.2) is 9.97 Å². The maximum absolute atomic E-state index is 12.0. The molecule has 1 aliphatic heterocycles. The summed E-state index contributed by atoms with van der Waals surface area (Å²) in [5, 5.41) is 1.93. The van der Waals surface area contributed by atoms with E-state index in [4.69, 9.17) is 0 Å². The first-order chi connectivity index (χ1) is 9.46. The second-order valence-electron chi connectivity index (χ2n) is 4.64. The Labute approximate surface area is 114 Å². The number of carbonyl (C=O) groups excluding carboxylic acids is 1. The molecule has 1 aromatic rings. The van der Waals surface area contributed by atoms with Gasteiger partial charge < -0.3 is 10.2 Å². The molecular weight excluding hydrogens is 273 g/mol. The molecule has 2 rings (SSSR count). The third kappa shape index (κ3) is 4.07. The van der Waals surface area contributed by atoms with Gasteiger partial charge in [-0.3, -0.25) is 4.79 Å². The number of nitrogens with zero attached hydrogens (tertiary/aromatic N) is 3. The van der Waals surface area contributed by atoms with E-state index in [0.29, 0.717) is 31.9 Å². The largest absolute Gasteiger partial charge is 0.405 e. The lowest BCUT2D eigenvalue weighted by molar-refractivity contribution is -0.141. The number of hydrogen-bond acceptors (Lipinski definition) is 4. The topological polar surface area (TPSA) is 58.1 Å². The molecule has 110 valence electrons. The minimum absolute atomic E-state index is 0.377. The Morgan fingerprint density at radius 3 is 2.45 bits per heavy atom. The molecular formula is C12H15F3N4O. The third-order valence-corrected chi connectivity index (χ3v) is 3.16. The van der Waals surface area contributed by atoms with Crippen molar-refractivity contribution in [2.45, 2.75) is 19.0 Å². The lowest BCUT2D eigenvalue weighted by atomic mass is 9.96. The molecule has 0 aromatic carbocycles. The molecule has 20 heavy (non-hydrogen) atoms. The van der Waals surface area contributed by atoms with Crippen LogP contribution in [0.3, 0.4) is 0 Å². The fourth-order valence-electron chi connectivity index (χ4n) is 2.13. The lowest BCUT2D eigenvalue weighted by Crippen LogP contribution is -2.43. The van der Waals surface area contributed by atoms with E-state index in [2.05, 4.69) is 9.97 Å². The van der Waals surface area contributed by atoms with E-state index in [1.165, 1.54) is 0 Å². The second-order valence-corrected chi connectivity index (χ2v) is 4.64. The number of carbonyl (C=O) groups is 1. The Morgan fingerprint density at radius 2 is 1.90 bits per heavy atom. The predicted octanol–water partition coefficient (Wildman–Crippen LogP) is 1.37. The summed E-state index contributed by atoms with van der Waals surface area (Å²) in [5.74, 6) is -0.324. The number of alkyl halides is 3. The summed E-state index contributed by atoms with van der Waals surface area (Å²) in [7, 11) is 0. The van der Waals surface area contributed by atoms with Gasteiger partial charge in [0.15, 0.2) is 0 Å². The summed E-state index contributed by atoms with van der Waals surface area (Å²) in [6.07, 6.45) is -0.104. The minimum Gasteiger partial charge on any atom is -0.347 e. The third-order valence-electron chi connectivity index (χ3n) is 3.16. The van der Waals surface area contributed by atoms with Crippen LogP contribution in [0.15, 0.2) is 18.5 Å². The number of rotatable bonds is 3. The van der Waals surface area contributed by atoms with Gasteiger partial charge in [-0.05, 0) is 18.9 Å². The Hall–Kier alpha value is -1.86. The van der Waals surface area contributed by atoms with Crippen LogP contribution in [0.1, 0.15) is 12.8 Å². The van der Waals surface area contributed by atoms with E-state index in [1.54, 1.807) is 18.5 Å². The Kier molecular flexibility index (Phi) is 4.41. The first-order valence-corrected chi connectivity index (χ1v) is 6.32. The molecule has 5 nitrogen and oxygen atoms in total. The van der Waals surface area contributed by atoms with Gasteiger partial charge in [0, 0.05) is 31.4 Å². The molecule has 1 fully saturated rings. The molecule has 2 heterocycles. The van der Waals surface area contributed by atoms with Gasteiger partial charge in [0.25, 0.3) is 0 Å². The number of aromatic nitrogens is 2. The highest BCUT2D eigenvalue weighted by Gasteiger charge is 2.31. The Bertz CT molecular complexity index is 444. The number of anilines is 1. The van der Waals surface area contributed by atoms with E-state index in [0.717, 1.165) is 0 Å². The molecule has 0 unspecified atom stereocenters. The zero-order valence-electron chi connectivity index (χ0n) is 10.7. The first kappa shape index (κ1) is 14.5. The van der Waals surface area contributed by atoms with Crippen molar-refractivity contribution in [3.63, 3.8) is 0 Å². The van der Waals surface area contributed by atoms with Crippen molar-refractivity contribution >= 4 is 11.9 Å². The average Bonchev–Trinajstić information content (AvgIpc) is 2.45. The summed E-state index contributed by atoms with van der Waals surface area (Å²) in [6, 6.07) is 1.71. The molecule has 0 aliphatic carbocycles. The normalized spacial score (nSPS) is 17.1. The number of halogens is 3. The molecule has 1 N–H and O–H groups in total. The Morgan fingerprint density at radius 1 is 1.30 bits per heavy atom. The van der Waals surface area contributed by atoms with E-state index < -0.39 is 18.6 Å². The smallest absolute Gasteiger partial charge is 0.347 e. The highest BCUT2D eigenvalue weighted by molar-refractivity contribution is 5.79. The molecule has 0 bridgehead atoms. The predicted molar refractivity (Wildman–Crippen MR) is 66.0 cm³/mol. The number of hydrogen-bond donors (Lipinski definition) is 1. The van der Waals surface area contributed by atoms with Crippen LogP contribution in [0.5, 0.6) is 0 Å². The molecule has 1 saturated heterocycles. The molecule has 0 saturated carbocycles. The summed E-state index contributed by atoms with van der Waals surface area (Å²) in [5.41, 5.74) is 0. The molecule has 1 aromatic heterocycles. The van der Waals surface area contributed by atoms with Crippen LogP contribution >= 0.6 is 0 Å². The van der Waals surface area contributed by atoms with E-state index in [-0.39, 0.29) is 5.92 Å². The van der Waals surface area contributed by atoms with Crippen LogP contribution in [0.2, 0.25) is 0 Å². The lowest BCUT2D eigenvalue weighted by Gasteiger charge is -2.31. The summed E-state index contributed by atoms with van der Waals surface area (Å²) < 4.78 is 36.1. The van der Waals surface area contributed by atoms with Crippen molar-refractivity contribution in [3.05, 3.63) is 18.5 Å². The van der Waals surface area contributed by atoms with Gasteiger partial charge in [0.2, 0.25) is 11.9 Å². The van der Waals surface area contributed by atoms with E-state index in [9.17, 15) is 18.0 Å². The molecule has 0 radical (unpaired) electrons. The SMILES string of the molecule is O=C(NCC(F)(F)F)C1CCN(c2ncccn2)CC1. The van der Waals surface area contributed by atoms with Crippen LogP contribution in [-0.4, -0.2) is 41.7 Å². The second kappa shape index (κ2) is 6.06. The van der Waals surface area contributed by atoms with Crippen molar-refractivity contribution in [1.82, 2.24) is 15.3 Å². The summed E-state index contributed by atoms with van der Waals surface area (Å²) in [6.45, 7) is -0.143. The van der Waals surface area contributed by atoms with Gasteiger partial charge in [0.05, 0.1) is 0 Å². The number of nitrogens with one attached hydrogen (secondary N) is 1. The zero-order chi connectivity index (χ0) is 14.6. The molecule has 0 spiro atoms. The number of piperidine rings is 1. The fraction of sp³-hybridized carbons (Fsp3) is 0.583. The van der Waals surface area contributed by atoms with Crippen LogP contribution in [0.25, 0.3) is 0 Å². The van der Waals surface area contributed by atoms with Crippen LogP contribution < -0.4 is 10.2 Å². The van der Waals surface area contributed by atoms with Crippen LogP contribution in [-0.2, 0) is 4.79 Å². The average molecular weight is 288 g/mol. The van der Waals surface area contributed by atoms with E-state index in [1.807, 2.05) is 10.2 Å². The van der Waals surface area contributed by atoms with Crippen molar-refractivity contribution in [1.29, 1.82) is 0 Å². The van der Waals surface area contributed by atoms with Crippen molar-refractivity contribution in [3.8, 4) is 0 Å². The first-order valence-electron chi connectivity index (χ1n) is 6.32. The zero-order valence-corrected chi connectivity index (χ0v) is 10.7. The van der Waals surface area contributed by atoms with Gasteiger partial charge >= 0.3 is 6.18 Å². The minimum atomic E-state index is -4.37. The van der Waals surface area contributed by atoms with Gasteiger partial charge in [-0.2, -0.15) is 13.2 Å². The van der Waals surface area contributed by atoms with E-state index >= 15 is 0 Å². The standard InChI is InChI=1S/C12H15F3N4O/c13-12(14,15)8-18-10(20)9-2-6-19(7-3-9)11-16-4-1-5-17-11/h1,4-5,9H,2-3,6-8H2,(H,18,20). The molecule has 1 amide bonds. The molecule has 0 atom stereocenters. The van der Waals surface area contributed by atoms with Crippen LogP contribution in [0, 0.1) is 5.92 Å². The molecule has 1 aliphatic rings. The van der Waals surface area contributed by atoms with Gasteiger partial charge in [-0.1, -0.05) is 0 Å². The van der Waals surface area contributed by atoms with Gasteiger partial charge in [0.1, 0.15) is 6.54 Å². The van der Waals surface area contributed by atoms with Gasteiger partial charge in [-0.15, -0.1) is 0 Å².